The quantitative estimate of drug-likeness (QED) is 0.689. The molecule has 118 valence electrons. The predicted octanol–water partition coefficient (Wildman–Crippen LogP) is 4.16. The summed E-state index contributed by atoms with van der Waals surface area (Å²) in [4.78, 5) is 11.6. The Kier molecular flexibility index (Phi) is 5.07. The smallest absolute Gasteiger partial charge is 0.408 e. The number of allylic oxidation sites excluding steroid dienone is 3. The zero-order valence-electron chi connectivity index (χ0n) is 12.9. The van der Waals surface area contributed by atoms with Crippen molar-refractivity contribution in [1.29, 1.82) is 0 Å². The van der Waals surface area contributed by atoms with Crippen molar-refractivity contribution >= 4 is 13.6 Å². The van der Waals surface area contributed by atoms with Gasteiger partial charge in [0.2, 0.25) is 0 Å². The first-order chi connectivity index (χ1) is 9.93. The first-order valence-corrected chi connectivity index (χ1v) is 8.93. The lowest BCUT2D eigenvalue weighted by molar-refractivity contribution is -0.115. The van der Waals surface area contributed by atoms with Crippen LogP contribution < -0.4 is 0 Å². The number of carbonyl (C=O) groups is 1. The monoisotopic (exact) mass is 314 g/mol. The van der Waals surface area contributed by atoms with Gasteiger partial charge in [0.1, 0.15) is 5.76 Å². The second-order valence-electron chi connectivity index (χ2n) is 5.45. The molecule has 21 heavy (non-hydrogen) atoms. The van der Waals surface area contributed by atoms with Crippen LogP contribution in [0.5, 0.6) is 0 Å². The van der Waals surface area contributed by atoms with E-state index in [4.69, 9.17) is 13.6 Å². The standard InChI is InChI=1S/C15H23O5P/c1-4-18-21(17,19-5-2)20-14-8-6-7-12-11-13(16)9-10-15(12,14)3/h8,11H,4-7,9-10H2,1-3H3/t15-/m0/s1. The largest absolute Gasteiger partial charge is 0.529 e. The fraction of sp³-hybridized carbons (Fsp3) is 0.667. The minimum absolute atomic E-state index is 0.154. The maximum Gasteiger partial charge on any atom is 0.529 e. The topological polar surface area (TPSA) is 61.8 Å². The third-order valence-corrected chi connectivity index (χ3v) is 5.56. The zero-order valence-corrected chi connectivity index (χ0v) is 13.8. The van der Waals surface area contributed by atoms with Gasteiger partial charge in [-0.05, 0) is 52.2 Å². The summed E-state index contributed by atoms with van der Waals surface area (Å²) in [6.07, 6.45) is 6.41. The molecular formula is C15H23O5P. The molecule has 0 radical (unpaired) electrons. The van der Waals surface area contributed by atoms with Gasteiger partial charge in [-0.2, -0.15) is 0 Å². The maximum absolute atomic E-state index is 12.6. The van der Waals surface area contributed by atoms with Crippen LogP contribution in [0.4, 0.5) is 0 Å². The fourth-order valence-corrected chi connectivity index (χ4v) is 4.17. The van der Waals surface area contributed by atoms with Crippen molar-refractivity contribution in [3.63, 3.8) is 0 Å². The molecule has 0 aromatic carbocycles. The van der Waals surface area contributed by atoms with E-state index in [1.807, 2.05) is 13.0 Å². The third-order valence-electron chi connectivity index (χ3n) is 3.99. The van der Waals surface area contributed by atoms with Crippen molar-refractivity contribution in [1.82, 2.24) is 0 Å². The van der Waals surface area contributed by atoms with Crippen LogP contribution in [-0.2, 0) is 22.9 Å². The summed E-state index contributed by atoms with van der Waals surface area (Å²) in [6, 6.07) is 0. The van der Waals surface area contributed by atoms with Crippen LogP contribution in [0.3, 0.4) is 0 Å². The first-order valence-electron chi connectivity index (χ1n) is 7.47. The van der Waals surface area contributed by atoms with E-state index < -0.39 is 7.82 Å². The van der Waals surface area contributed by atoms with Crippen LogP contribution in [0.25, 0.3) is 0 Å². The van der Waals surface area contributed by atoms with Crippen LogP contribution >= 0.6 is 7.82 Å². The SMILES string of the molecule is CCOP(=O)(OCC)OC1=CCCC2=CC(=O)CC[C@@]21C. The number of hydrogen-bond acceptors (Lipinski definition) is 5. The minimum atomic E-state index is -3.59. The number of ketones is 1. The Bertz CT molecular complexity index is 512. The van der Waals surface area contributed by atoms with Gasteiger partial charge in [-0.3, -0.25) is 13.8 Å². The lowest BCUT2D eigenvalue weighted by Crippen LogP contribution is -2.31. The van der Waals surface area contributed by atoms with Gasteiger partial charge in [-0.25, -0.2) is 4.57 Å². The van der Waals surface area contributed by atoms with Gasteiger partial charge >= 0.3 is 7.82 Å². The van der Waals surface area contributed by atoms with E-state index in [1.54, 1.807) is 19.9 Å². The van der Waals surface area contributed by atoms with E-state index in [1.165, 1.54) is 0 Å². The molecular weight excluding hydrogens is 291 g/mol. The molecule has 0 spiro atoms. The molecule has 2 aliphatic rings. The molecule has 0 saturated heterocycles. The van der Waals surface area contributed by atoms with Crippen LogP contribution in [-0.4, -0.2) is 19.0 Å². The van der Waals surface area contributed by atoms with Gasteiger partial charge in [-0.15, -0.1) is 0 Å². The van der Waals surface area contributed by atoms with E-state index in [-0.39, 0.29) is 24.4 Å². The van der Waals surface area contributed by atoms with Crippen LogP contribution in [0.1, 0.15) is 46.5 Å². The van der Waals surface area contributed by atoms with Gasteiger partial charge in [-0.1, -0.05) is 5.57 Å². The highest BCUT2D eigenvalue weighted by atomic mass is 31.2. The minimum Gasteiger partial charge on any atom is -0.408 e. The normalized spacial score (nSPS) is 26.0. The van der Waals surface area contributed by atoms with Crippen LogP contribution in [0.15, 0.2) is 23.5 Å². The van der Waals surface area contributed by atoms with Gasteiger partial charge in [0.15, 0.2) is 5.78 Å². The van der Waals surface area contributed by atoms with Gasteiger partial charge in [0.05, 0.1) is 13.2 Å². The Morgan fingerprint density at radius 2 is 1.90 bits per heavy atom. The Morgan fingerprint density at radius 3 is 2.52 bits per heavy atom. The second kappa shape index (κ2) is 6.47. The van der Waals surface area contributed by atoms with E-state index in [0.29, 0.717) is 18.6 Å². The highest BCUT2D eigenvalue weighted by Gasteiger charge is 2.43. The number of hydrogen-bond donors (Lipinski definition) is 0. The van der Waals surface area contributed by atoms with Gasteiger partial charge < -0.3 is 4.52 Å². The van der Waals surface area contributed by atoms with Crippen molar-refractivity contribution < 1.29 is 22.9 Å². The fourth-order valence-electron chi connectivity index (χ4n) is 2.84. The summed E-state index contributed by atoms with van der Waals surface area (Å²) in [5, 5.41) is 0. The average Bonchev–Trinajstić information content (AvgIpc) is 2.41. The van der Waals surface area contributed by atoms with E-state index in [0.717, 1.165) is 18.4 Å². The Balaban J connectivity index is 2.26. The molecule has 6 heteroatoms. The highest BCUT2D eigenvalue weighted by Crippen LogP contribution is 2.57. The summed E-state index contributed by atoms with van der Waals surface area (Å²) in [7, 11) is -3.59. The summed E-state index contributed by atoms with van der Waals surface area (Å²) in [6.45, 7) is 6.02. The Hall–Kier alpha value is -0.900. The van der Waals surface area contributed by atoms with E-state index in [9.17, 15) is 9.36 Å². The summed E-state index contributed by atoms with van der Waals surface area (Å²) in [5.41, 5.74) is 0.673. The molecule has 0 amide bonds. The molecule has 2 aliphatic carbocycles. The Morgan fingerprint density at radius 1 is 1.24 bits per heavy atom. The lowest BCUT2D eigenvalue weighted by Gasteiger charge is -2.40. The zero-order chi connectivity index (χ0) is 15.5. The van der Waals surface area contributed by atoms with Gasteiger partial charge in [0.25, 0.3) is 0 Å². The molecule has 1 atom stereocenters. The van der Waals surface area contributed by atoms with E-state index in [2.05, 4.69) is 0 Å². The average molecular weight is 314 g/mol. The molecule has 0 unspecified atom stereocenters. The number of phosphoric acid groups is 1. The summed E-state index contributed by atoms with van der Waals surface area (Å²) >= 11 is 0. The number of phosphoric ester groups is 1. The second-order valence-corrected chi connectivity index (χ2v) is 7.04. The number of fused-ring (bicyclic) bond motifs is 1. The molecule has 0 saturated carbocycles. The number of rotatable bonds is 6. The highest BCUT2D eigenvalue weighted by molar-refractivity contribution is 7.48. The molecule has 0 bridgehead atoms. The van der Waals surface area contributed by atoms with Crippen molar-refractivity contribution in [2.75, 3.05) is 13.2 Å². The summed E-state index contributed by atoms with van der Waals surface area (Å²) < 4.78 is 28.7. The molecule has 5 nitrogen and oxygen atoms in total. The molecule has 0 N–H and O–H groups in total. The molecule has 0 aromatic heterocycles. The number of carbonyl (C=O) groups excluding carboxylic acids is 1. The third kappa shape index (κ3) is 3.47. The van der Waals surface area contributed by atoms with Crippen LogP contribution in [0.2, 0.25) is 0 Å². The molecule has 0 aliphatic heterocycles. The molecule has 0 heterocycles. The first kappa shape index (κ1) is 16.5. The lowest BCUT2D eigenvalue weighted by atomic mass is 9.68. The molecule has 2 rings (SSSR count). The van der Waals surface area contributed by atoms with Crippen molar-refractivity contribution in [2.45, 2.75) is 46.5 Å². The summed E-state index contributed by atoms with van der Waals surface area (Å²) in [5.74, 6) is 0.763. The van der Waals surface area contributed by atoms with Crippen molar-refractivity contribution in [2.24, 2.45) is 5.41 Å². The van der Waals surface area contributed by atoms with E-state index >= 15 is 0 Å². The van der Waals surface area contributed by atoms with Crippen molar-refractivity contribution in [3.05, 3.63) is 23.5 Å². The van der Waals surface area contributed by atoms with Crippen LogP contribution in [0, 0.1) is 5.41 Å². The Labute approximate surface area is 126 Å². The molecule has 0 fully saturated rings. The molecule has 0 aromatic rings. The predicted molar refractivity (Wildman–Crippen MR) is 79.7 cm³/mol. The van der Waals surface area contributed by atoms with Gasteiger partial charge in [0, 0.05) is 11.8 Å². The maximum atomic E-state index is 12.6. The van der Waals surface area contributed by atoms with Crippen molar-refractivity contribution in [3.8, 4) is 0 Å².